The van der Waals surface area contributed by atoms with Gasteiger partial charge in [0.2, 0.25) is 11.8 Å². The second-order valence-electron chi connectivity index (χ2n) is 12.2. The molecule has 230 valence electrons. The van der Waals surface area contributed by atoms with Gasteiger partial charge >= 0.3 is 0 Å². The number of fused-ring (bicyclic) bond motifs is 4. The molecule has 7 rings (SSSR count). The predicted molar refractivity (Wildman–Crippen MR) is 176 cm³/mol. The predicted octanol–water partition coefficient (Wildman–Crippen LogP) is 6.52. The van der Waals surface area contributed by atoms with Crippen molar-refractivity contribution in [1.29, 1.82) is 0 Å². The van der Waals surface area contributed by atoms with Gasteiger partial charge in [-0.1, -0.05) is 23.8 Å². The maximum Gasteiger partial charge on any atom is 0.258 e. The molecule has 4 aliphatic rings. The van der Waals surface area contributed by atoms with E-state index >= 15 is 0 Å². The molecule has 2 saturated heterocycles. The number of hydrogen-bond acceptors (Lipinski definition) is 5. The summed E-state index contributed by atoms with van der Waals surface area (Å²) in [6.07, 6.45) is 1.94. The van der Waals surface area contributed by atoms with E-state index in [2.05, 4.69) is 22.6 Å². The van der Waals surface area contributed by atoms with Crippen LogP contribution in [0, 0.1) is 41.0 Å². The number of benzene rings is 3. The lowest BCUT2D eigenvalue weighted by Gasteiger charge is -2.50. The average Bonchev–Trinajstić information content (AvgIpc) is 3.34. The third-order valence-electron chi connectivity index (χ3n) is 9.83. The molecule has 3 aromatic rings. The number of allylic oxidation sites excluding steroid dienone is 2. The molecule has 1 N–H and O–H groups in total. The Kier molecular flexibility index (Phi) is 7.00. The number of nitrogens with zero attached hydrogens (tertiary/aromatic N) is 2. The van der Waals surface area contributed by atoms with Gasteiger partial charge in [-0.25, -0.2) is 9.29 Å². The maximum absolute atomic E-state index is 14.5. The average molecular weight is 759 g/mol. The van der Waals surface area contributed by atoms with Crippen LogP contribution in [-0.4, -0.2) is 38.5 Å². The van der Waals surface area contributed by atoms with Crippen LogP contribution in [0.25, 0.3) is 0 Å². The first kappa shape index (κ1) is 30.4. The number of hydrogen-bond donors (Lipinski definition) is 1. The van der Waals surface area contributed by atoms with Crippen LogP contribution in [0.3, 0.4) is 0 Å². The monoisotopic (exact) mass is 758 g/mol. The van der Waals surface area contributed by atoms with E-state index in [9.17, 15) is 28.7 Å². The molecule has 7 nitrogen and oxygen atoms in total. The largest absolute Gasteiger partial charge is 0.507 e. The number of aromatic hydroxyl groups is 1. The van der Waals surface area contributed by atoms with Crippen LogP contribution in [-0.2, 0) is 19.2 Å². The molecule has 1 saturated carbocycles. The maximum atomic E-state index is 14.5. The van der Waals surface area contributed by atoms with E-state index in [0.717, 1.165) is 20.6 Å². The van der Waals surface area contributed by atoms with Crippen molar-refractivity contribution in [2.75, 3.05) is 9.80 Å². The summed E-state index contributed by atoms with van der Waals surface area (Å²) >= 11 is 17.0. The molecule has 0 bridgehead atoms. The SMILES string of the molecule is Cc1cc([C@H]2C3=CC[C@@H]4C(=O)N(c5ccc(I)cc5)C(=O)[C@@H]4[C@@H]3C[C@@]3(Cl)C(=O)N(c4ccc(F)cc4)C(=O)[C@@]23Cl)cc(C)c1O. The first-order chi connectivity index (χ1) is 21.3. The van der Waals surface area contributed by atoms with Gasteiger partial charge in [-0.2, -0.15) is 0 Å². The van der Waals surface area contributed by atoms with E-state index in [4.69, 9.17) is 23.2 Å². The van der Waals surface area contributed by atoms with Crippen molar-refractivity contribution in [1.82, 2.24) is 0 Å². The second-order valence-corrected chi connectivity index (χ2v) is 14.7. The van der Waals surface area contributed by atoms with Gasteiger partial charge in [0.25, 0.3) is 11.8 Å². The number of amides is 4. The number of carbonyl (C=O) groups is 4. The molecule has 2 heterocycles. The summed E-state index contributed by atoms with van der Waals surface area (Å²) in [6.45, 7) is 3.44. The number of carbonyl (C=O) groups excluding carboxylic acids is 4. The summed E-state index contributed by atoms with van der Waals surface area (Å²) in [6, 6.07) is 15.4. The van der Waals surface area contributed by atoms with Gasteiger partial charge in [0, 0.05) is 9.49 Å². The van der Waals surface area contributed by atoms with Crippen LogP contribution in [0.5, 0.6) is 5.75 Å². The third kappa shape index (κ3) is 4.12. The Hall–Kier alpha value is -3.28. The van der Waals surface area contributed by atoms with E-state index in [1.807, 2.05) is 18.2 Å². The molecule has 2 aliphatic carbocycles. The fourth-order valence-electron chi connectivity index (χ4n) is 7.77. The highest BCUT2D eigenvalue weighted by Crippen LogP contribution is 2.66. The Balaban J connectivity index is 1.41. The summed E-state index contributed by atoms with van der Waals surface area (Å²) in [5.41, 5.74) is 2.84. The Morgan fingerprint density at radius 2 is 1.42 bits per heavy atom. The number of anilines is 2. The smallest absolute Gasteiger partial charge is 0.258 e. The quantitative estimate of drug-likeness (QED) is 0.142. The normalized spacial score (nSPS) is 30.8. The van der Waals surface area contributed by atoms with Crippen molar-refractivity contribution in [3.63, 3.8) is 0 Å². The van der Waals surface area contributed by atoms with Gasteiger partial charge in [0.1, 0.15) is 11.6 Å². The number of alkyl halides is 2. The van der Waals surface area contributed by atoms with Gasteiger partial charge in [0.15, 0.2) is 9.75 Å². The van der Waals surface area contributed by atoms with Crippen LogP contribution in [0.4, 0.5) is 15.8 Å². The van der Waals surface area contributed by atoms with Crippen molar-refractivity contribution < 1.29 is 28.7 Å². The van der Waals surface area contributed by atoms with Gasteiger partial charge in [-0.3, -0.25) is 24.1 Å². The van der Waals surface area contributed by atoms with E-state index in [1.54, 1.807) is 38.1 Å². The zero-order valence-corrected chi connectivity index (χ0v) is 27.7. The number of phenols is 1. The van der Waals surface area contributed by atoms with Crippen LogP contribution in [0.1, 0.15) is 35.4 Å². The zero-order chi connectivity index (χ0) is 32.2. The highest BCUT2D eigenvalue weighted by atomic mass is 127. The minimum absolute atomic E-state index is 0.0797. The van der Waals surface area contributed by atoms with Crippen LogP contribution in [0.2, 0.25) is 0 Å². The lowest BCUT2D eigenvalue weighted by atomic mass is 9.56. The Labute approximate surface area is 282 Å². The topological polar surface area (TPSA) is 95.0 Å². The van der Waals surface area contributed by atoms with E-state index in [1.165, 1.54) is 17.0 Å². The molecule has 4 amide bonds. The summed E-state index contributed by atoms with van der Waals surface area (Å²) < 4.78 is 14.8. The molecule has 0 aromatic heterocycles. The Morgan fingerprint density at radius 1 is 0.844 bits per heavy atom. The first-order valence-electron chi connectivity index (χ1n) is 14.5. The van der Waals surface area contributed by atoms with Crippen molar-refractivity contribution >= 4 is 80.8 Å². The first-order valence-corrected chi connectivity index (χ1v) is 16.3. The molecular weight excluding hydrogens is 733 g/mol. The number of rotatable bonds is 3. The van der Waals surface area contributed by atoms with Crippen molar-refractivity contribution in [3.05, 3.63) is 98.4 Å². The minimum atomic E-state index is -2.04. The molecule has 0 unspecified atom stereocenters. The van der Waals surface area contributed by atoms with Crippen LogP contribution >= 0.6 is 45.8 Å². The molecule has 6 atom stereocenters. The zero-order valence-electron chi connectivity index (χ0n) is 24.1. The van der Waals surface area contributed by atoms with Gasteiger partial charge < -0.3 is 5.11 Å². The summed E-state index contributed by atoms with van der Waals surface area (Å²) in [5, 5.41) is 10.6. The highest BCUT2D eigenvalue weighted by Gasteiger charge is 2.76. The van der Waals surface area contributed by atoms with E-state index in [0.29, 0.717) is 28.0 Å². The van der Waals surface area contributed by atoms with Gasteiger partial charge in [0.05, 0.1) is 23.2 Å². The third-order valence-corrected chi connectivity index (χ3v) is 12.0. The fraction of sp³-hybridized carbons (Fsp3) is 0.294. The summed E-state index contributed by atoms with van der Waals surface area (Å²) in [7, 11) is 0. The molecular formula is C34H26Cl2FIN2O5. The number of imide groups is 2. The highest BCUT2D eigenvalue weighted by molar-refractivity contribution is 14.1. The lowest BCUT2D eigenvalue weighted by Crippen LogP contribution is -2.60. The molecule has 0 radical (unpaired) electrons. The number of halogens is 4. The van der Waals surface area contributed by atoms with Gasteiger partial charge in [-0.05, 0) is 120 Å². The van der Waals surface area contributed by atoms with Crippen molar-refractivity contribution in [2.24, 2.45) is 17.8 Å². The summed E-state index contributed by atoms with van der Waals surface area (Å²) in [4.78, 5) is 54.8. The number of phenolic OH excluding ortho intramolecular Hbond substituents is 1. The fourth-order valence-corrected chi connectivity index (χ4v) is 9.07. The van der Waals surface area contributed by atoms with Crippen molar-refractivity contribution in [2.45, 2.75) is 42.4 Å². The Bertz CT molecular complexity index is 1840. The van der Waals surface area contributed by atoms with Gasteiger partial charge in [-0.15, -0.1) is 23.2 Å². The van der Waals surface area contributed by atoms with Crippen LogP contribution < -0.4 is 9.80 Å². The number of aryl methyl sites for hydroxylation is 2. The lowest BCUT2D eigenvalue weighted by molar-refractivity contribution is -0.125. The van der Waals surface area contributed by atoms with E-state index in [-0.39, 0.29) is 30.2 Å². The molecule has 45 heavy (non-hydrogen) atoms. The molecule has 3 fully saturated rings. The minimum Gasteiger partial charge on any atom is -0.507 e. The molecule has 3 aromatic carbocycles. The second kappa shape index (κ2) is 10.4. The molecule has 2 aliphatic heterocycles. The molecule has 11 heteroatoms. The summed E-state index contributed by atoms with van der Waals surface area (Å²) in [5.74, 6) is -5.92. The molecule has 0 spiro atoms. The standard InChI is InChI=1S/C34H26Cl2FIN2O5/c1-16-13-18(14-17(2)28(16)41)27-23-11-12-24-26(30(43)39(29(24)42)21-9-5-20(38)6-10-21)25(23)15-33(35)31(44)40(32(45)34(27,33)36)22-7-3-19(37)4-8-22/h3-11,13-14,24-27,41H,12,15H2,1-2H3/t24-,25+,26-,27-,33+,34-/m0/s1. The van der Waals surface area contributed by atoms with Crippen LogP contribution in [0.15, 0.2) is 72.3 Å². The Morgan fingerprint density at radius 3 is 2.04 bits per heavy atom. The van der Waals surface area contributed by atoms with E-state index < -0.39 is 57.0 Å². The van der Waals surface area contributed by atoms with Crippen molar-refractivity contribution in [3.8, 4) is 5.75 Å².